The highest BCUT2D eigenvalue weighted by Crippen LogP contribution is 2.20. The molecule has 0 atom stereocenters. The molecule has 0 fully saturated rings. The minimum absolute atomic E-state index is 0.548. The van der Waals surface area contributed by atoms with Crippen molar-refractivity contribution in [1.82, 2.24) is 15.0 Å². The number of ether oxygens (including phenoxy) is 1. The highest BCUT2D eigenvalue weighted by Gasteiger charge is 2.05. The normalized spacial score (nSPS) is 10.8. The van der Waals surface area contributed by atoms with Gasteiger partial charge in [0.25, 0.3) is 0 Å². The molecular weight excluding hydrogens is 286 g/mol. The van der Waals surface area contributed by atoms with Crippen molar-refractivity contribution in [2.24, 2.45) is 0 Å². The van der Waals surface area contributed by atoms with Gasteiger partial charge in [-0.1, -0.05) is 42.5 Å². The van der Waals surface area contributed by atoms with Crippen molar-refractivity contribution in [3.05, 3.63) is 78.5 Å². The number of rotatable bonds is 4. The largest absolute Gasteiger partial charge is 0.489 e. The molecule has 4 rings (SSSR count). The lowest BCUT2D eigenvalue weighted by Gasteiger charge is -2.06. The number of pyridine rings is 1. The van der Waals surface area contributed by atoms with Crippen LogP contribution in [0.4, 0.5) is 0 Å². The van der Waals surface area contributed by atoms with Gasteiger partial charge >= 0.3 is 0 Å². The van der Waals surface area contributed by atoms with Crippen LogP contribution in [0.5, 0.6) is 5.75 Å². The topological polar surface area (TPSA) is 50.8 Å². The summed E-state index contributed by atoms with van der Waals surface area (Å²) in [4.78, 5) is 12.1. The maximum Gasteiger partial charge on any atom is 0.157 e. The van der Waals surface area contributed by atoms with E-state index < -0.39 is 0 Å². The number of hydrogen-bond donors (Lipinski definition) is 1. The van der Waals surface area contributed by atoms with Gasteiger partial charge in [-0.3, -0.25) is 0 Å². The molecule has 23 heavy (non-hydrogen) atoms. The first-order valence-corrected chi connectivity index (χ1v) is 7.46. The van der Waals surface area contributed by atoms with Crippen molar-refractivity contribution in [1.29, 1.82) is 0 Å². The molecule has 0 aliphatic rings. The lowest BCUT2D eigenvalue weighted by atomic mass is 10.1. The smallest absolute Gasteiger partial charge is 0.157 e. The van der Waals surface area contributed by atoms with Crippen LogP contribution in [0.15, 0.2) is 72.9 Å². The SMILES string of the molecule is c1ccc(OCc2ccc(-c3nc4cccnc4[nH]3)cc2)cc1. The van der Waals surface area contributed by atoms with Crippen molar-refractivity contribution in [3.63, 3.8) is 0 Å². The molecule has 2 heterocycles. The number of aromatic nitrogens is 3. The molecule has 0 amide bonds. The van der Waals surface area contributed by atoms with Gasteiger partial charge in [-0.15, -0.1) is 0 Å². The maximum atomic E-state index is 5.75. The predicted octanol–water partition coefficient (Wildman–Crippen LogP) is 4.20. The quantitative estimate of drug-likeness (QED) is 0.614. The van der Waals surface area contributed by atoms with E-state index in [1.807, 2.05) is 54.6 Å². The van der Waals surface area contributed by atoms with E-state index in [2.05, 4.69) is 27.1 Å². The molecule has 112 valence electrons. The molecule has 0 bridgehead atoms. The first kappa shape index (κ1) is 13.5. The Balaban J connectivity index is 1.51. The second-order valence-electron chi connectivity index (χ2n) is 5.26. The van der Waals surface area contributed by atoms with E-state index in [1.54, 1.807) is 6.20 Å². The molecule has 4 nitrogen and oxygen atoms in total. The van der Waals surface area contributed by atoms with Crippen LogP contribution in [0.2, 0.25) is 0 Å². The lowest BCUT2D eigenvalue weighted by Crippen LogP contribution is -1.95. The summed E-state index contributed by atoms with van der Waals surface area (Å²) in [5.74, 6) is 1.70. The average molecular weight is 301 g/mol. The van der Waals surface area contributed by atoms with Crippen molar-refractivity contribution < 1.29 is 4.74 Å². The number of aromatic amines is 1. The fourth-order valence-electron chi connectivity index (χ4n) is 2.42. The van der Waals surface area contributed by atoms with Crippen LogP contribution in [0.1, 0.15) is 5.56 Å². The van der Waals surface area contributed by atoms with Gasteiger partial charge in [0.2, 0.25) is 0 Å². The van der Waals surface area contributed by atoms with Crippen LogP contribution in [0, 0.1) is 0 Å². The Morgan fingerprint density at radius 1 is 0.870 bits per heavy atom. The van der Waals surface area contributed by atoms with Gasteiger partial charge < -0.3 is 9.72 Å². The molecule has 0 radical (unpaired) electrons. The minimum atomic E-state index is 0.548. The fourth-order valence-corrected chi connectivity index (χ4v) is 2.42. The molecule has 0 saturated carbocycles. The number of imidazole rings is 1. The summed E-state index contributed by atoms with van der Waals surface area (Å²) < 4.78 is 5.75. The van der Waals surface area contributed by atoms with E-state index in [9.17, 15) is 0 Å². The van der Waals surface area contributed by atoms with E-state index in [0.29, 0.717) is 6.61 Å². The van der Waals surface area contributed by atoms with Crippen molar-refractivity contribution in [2.75, 3.05) is 0 Å². The lowest BCUT2D eigenvalue weighted by molar-refractivity contribution is 0.306. The molecule has 2 aromatic heterocycles. The Morgan fingerprint density at radius 2 is 1.70 bits per heavy atom. The molecular formula is C19H15N3O. The van der Waals surface area contributed by atoms with E-state index in [0.717, 1.165) is 33.9 Å². The van der Waals surface area contributed by atoms with E-state index in [4.69, 9.17) is 4.74 Å². The highest BCUT2D eigenvalue weighted by atomic mass is 16.5. The molecule has 0 aliphatic heterocycles. The van der Waals surface area contributed by atoms with E-state index >= 15 is 0 Å². The summed E-state index contributed by atoms with van der Waals surface area (Å²) in [5, 5.41) is 0. The Kier molecular flexibility index (Phi) is 3.48. The Labute approximate surface area is 133 Å². The number of nitrogens with zero attached hydrogens (tertiary/aromatic N) is 2. The number of nitrogens with one attached hydrogen (secondary N) is 1. The fraction of sp³-hybridized carbons (Fsp3) is 0.0526. The number of para-hydroxylation sites is 1. The number of H-pyrrole nitrogens is 1. The van der Waals surface area contributed by atoms with Gasteiger partial charge in [-0.25, -0.2) is 9.97 Å². The first-order chi connectivity index (χ1) is 11.4. The summed E-state index contributed by atoms with van der Waals surface area (Å²) in [5.41, 5.74) is 3.83. The molecule has 4 heteroatoms. The van der Waals surface area contributed by atoms with Crippen LogP contribution >= 0.6 is 0 Å². The Morgan fingerprint density at radius 3 is 2.48 bits per heavy atom. The molecule has 0 saturated heterocycles. The van der Waals surface area contributed by atoms with Crippen LogP contribution < -0.4 is 4.74 Å². The third-order valence-electron chi connectivity index (χ3n) is 3.63. The van der Waals surface area contributed by atoms with E-state index in [1.165, 1.54) is 0 Å². The Bertz CT molecular complexity index is 881. The van der Waals surface area contributed by atoms with Gasteiger partial charge in [0.1, 0.15) is 23.7 Å². The Hall–Kier alpha value is -3.14. The third-order valence-corrected chi connectivity index (χ3v) is 3.63. The molecule has 0 spiro atoms. The molecule has 4 aromatic rings. The first-order valence-electron chi connectivity index (χ1n) is 7.46. The molecule has 0 aliphatic carbocycles. The zero-order chi connectivity index (χ0) is 15.5. The zero-order valence-electron chi connectivity index (χ0n) is 12.4. The summed E-state index contributed by atoms with van der Waals surface area (Å²) in [7, 11) is 0. The van der Waals surface area contributed by atoms with Crippen molar-refractivity contribution >= 4 is 11.2 Å². The minimum Gasteiger partial charge on any atom is -0.489 e. The average Bonchev–Trinajstić information content (AvgIpc) is 3.05. The summed E-state index contributed by atoms with van der Waals surface area (Å²) in [6, 6.07) is 21.8. The van der Waals surface area contributed by atoms with E-state index in [-0.39, 0.29) is 0 Å². The van der Waals surface area contributed by atoms with Crippen molar-refractivity contribution in [3.8, 4) is 17.1 Å². The van der Waals surface area contributed by atoms with Gasteiger partial charge in [-0.05, 0) is 29.8 Å². The van der Waals surface area contributed by atoms with Crippen LogP contribution in [0.3, 0.4) is 0 Å². The van der Waals surface area contributed by atoms with Gasteiger partial charge in [0.05, 0.1) is 0 Å². The van der Waals surface area contributed by atoms with Crippen LogP contribution in [-0.4, -0.2) is 15.0 Å². The molecule has 0 unspecified atom stereocenters. The molecule has 1 N–H and O–H groups in total. The third kappa shape index (κ3) is 2.92. The van der Waals surface area contributed by atoms with Gasteiger partial charge in [-0.2, -0.15) is 0 Å². The zero-order valence-corrected chi connectivity index (χ0v) is 12.4. The highest BCUT2D eigenvalue weighted by molar-refractivity contribution is 5.75. The number of benzene rings is 2. The summed E-state index contributed by atoms with van der Waals surface area (Å²) in [6.07, 6.45) is 1.76. The number of fused-ring (bicyclic) bond motifs is 1. The van der Waals surface area contributed by atoms with Crippen LogP contribution in [0.25, 0.3) is 22.6 Å². The molecule has 2 aromatic carbocycles. The van der Waals surface area contributed by atoms with Crippen molar-refractivity contribution in [2.45, 2.75) is 6.61 Å². The summed E-state index contributed by atoms with van der Waals surface area (Å²) in [6.45, 7) is 0.548. The standard InChI is InChI=1S/C19H15N3O/c1-2-5-16(6-3-1)23-13-14-8-10-15(11-9-14)18-21-17-7-4-12-20-19(17)22-18/h1-12H,13H2,(H,20,21,22). The predicted molar refractivity (Wildman–Crippen MR) is 90.1 cm³/mol. The van der Waals surface area contributed by atoms with Gasteiger partial charge in [0, 0.05) is 11.8 Å². The summed E-state index contributed by atoms with van der Waals surface area (Å²) >= 11 is 0. The monoisotopic (exact) mass is 301 g/mol. The number of hydrogen-bond acceptors (Lipinski definition) is 3. The van der Waals surface area contributed by atoms with Crippen LogP contribution in [-0.2, 0) is 6.61 Å². The second kappa shape index (κ2) is 5.93. The second-order valence-corrected chi connectivity index (χ2v) is 5.26. The van der Waals surface area contributed by atoms with Gasteiger partial charge in [0.15, 0.2) is 5.65 Å². The maximum absolute atomic E-state index is 5.75.